The van der Waals surface area contributed by atoms with Crippen molar-refractivity contribution in [2.75, 3.05) is 6.61 Å². The van der Waals surface area contributed by atoms with Crippen LogP contribution in [0.25, 0.3) is 22.6 Å². The first-order valence-corrected chi connectivity index (χ1v) is 11.0. The highest BCUT2D eigenvalue weighted by molar-refractivity contribution is 7.82. The Morgan fingerprint density at radius 1 is 1.00 bits per heavy atom. The molecule has 0 aliphatic rings. The number of hydrogen-bond acceptors (Lipinski definition) is 6. The summed E-state index contributed by atoms with van der Waals surface area (Å²) < 4.78 is 28.3. The lowest BCUT2D eigenvalue weighted by Crippen LogP contribution is -2.04. The van der Waals surface area contributed by atoms with E-state index in [1.165, 1.54) is 0 Å². The molecule has 0 spiro atoms. The topological polar surface area (TPSA) is 105 Å². The van der Waals surface area contributed by atoms with Crippen molar-refractivity contribution in [3.8, 4) is 34.4 Å². The molecule has 1 atom stereocenters. The summed E-state index contributed by atoms with van der Waals surface area (Å²) in [5.74, 6) is 0.437. The summed E-state index contributed by atoms with van der Waals surface area (Å²) in [6.45, 7) is 2.03. The van der Waals surface area contributed by atoms with Crippen molar-refractivity contribution in [2.45, 2.75) is 11.8 Å². The number of carbonyl (C=O) groups is 1. The van der Waals surface area contributed by atoms with Crippen molar-refractivity contribution in [2.24, 2.45) is 5.14 Å². The van der Waals surface area contributed by atoms with E-state index in [2.05, 4.69) is 4.98 Å². The summed E-state index contributed by atoms with van der Waals surface area (Å²) >= 11 is 0. The first-order chi connectivity index (χ1) is 15.5. The average Bonchev–Trinajstić information content (AvgIpc) is 3.24. The summed E-state index contributed by atoms with van der Waals surface area (Å²) in [7, 11) is -1.57. The van der Waals surface area contributed by atoms with Gasteiger partial charge in [-0.25, -0.2) is 14.1 Å². The minimum Gasteiger partial charge on any atom is -0.462 e. The molecule has 0 aliphatic heterocycles. The maximum Gasteiger partial charge on any atom is 0.400 e. The lowest BCUT2D eigenvalue weighted by molar-refractivity contribution is 0.0526. The number of oxazole rings is 1. The van der Waals surface area contributed by atoms with Gasteiger partial charge in [0.25, 0.3) is 0 Å². The van der Waals surface area contributed by atoms with E-state index in [0.29, 0.717) is 27.7 Å². The Balaban J connectivity index is 1.71. The normalized spacial score (nSPS) is 11.7. The summed E-state index contributed by atoms with van der Waals surface area (Å²) in [6, 6.07) is 23.0. The van der Waals surface area contributed by atoms with Gasteiger partial charge < -0.3 is 13.9 Å². The summed E-state index contributed by atoms with van der Waals surface area (Å²) in [6.07, 6.45) is 0.0198. The molecule has 32 heavy (non-hydrogen) atoms. The van der Waals surface area contributed by atoms with E-state index in [0.717, 1.165) is 11.1 Å². The SMILES string of the molecule is CCOC(=O)c1cccc(Oc2nc(-c3ccccc3)c(-c3ccc(S(N)=O)cc3)o2)c1. The highest BCUT2D eigenvalue weighted by atomic mass is 32.2. The molecule has 2 N–H and O–H groups in total. The van der Waals surface area contributed by atoms with Crippen molar-refractivity contribution in [3.05, 3.63) is 84.4 Å². The summed E-state index contributed by atoms with van der Waals surface area (Å²) in [5.41, 5.74) is 2.52. The smallest absolute Gasteiger partial charge is 0.400 e. The standard InChI is InChI=1S/C24H20N2O5S/c1-2-29-23(27)18-9-6-10-19(15-18)30-24-26-21(16-7-4-3-5-8-16)22(31-24)17-11-13-20(14-12-17)32(25)28/h3-15H,2,25H2,1H3. The number of aromatic nitrogens is 1. The van der Waals surface area contributed by atoms with Gasteiger partial charge in [-0.2, -0.15) is 4.98 Å². The van der Waals surface area contributed by atoms with E-state index < -0.39 is 17.0 Å². The second kappa shape index (κ2) is 9.59. The van der Waals surface area contributed by atoms with Gasteiger partial charge in [0.15, 0.2) is 5.76 Å². The van der Waals surface area contributed by atoms with Crippen LogP contribution in [0.4, 0.5) is 0 Å². The number of benzene rings is 3. The van der Waals surface area contributed by atoms with Crippen LogP contribution in [0.15, 0.2) is 88.2 Å². The Morgan fingerprint density at radius 2 is 1.75 bits per heavy atom. The third-order valence-electron chi connectivity index (χ3n) is 4.55. The molecule has 1 unspecified atom stereocenters. The number of rotatable bonds is 7. The predicted molar refractivity (Wildman–Crippen MR) is 120 cm³/mol. The fourth-order valence-electron chi connectivity index (χ4n) is 3.07. The number of ether oxygens (including phenoxy) is 2. The second-order valence-corrected chi connectivity index (χ2v) is 7.76. The van der Waals surface area contributed by atoms with Crippen LogP contribution >= 0.6 is 0 Å². The van der Waals surface area contributed by atoms with Crippen LogP contribution in [0.2, 0.25) is 0 Å². The lowest BCUT2D eigenvalue weighted by atomic mass is 10.1. The molecule has 162 valence electrons. The molecule has 8 heteroatoms. The molecule has 0 aliphatic carbocycles. The molecule has 0 fully saturated rings. The Hall–Kier alpha value is -3.75. The highest BCUT2D eigenvalue weighted by Gasteiger charge is 2.19. The zero-order valence-electron chi connectivity index (χ0n) is 17.2. The zero-order valence-corrected chi connectivity index (χ0v) is 18.0. The van der Waals surface area contributed by atoms with Crippen molar-refractivity contribution >= 4 is 17.0 Å². The molecule has 0 radical (unpaired) electrons. The van der Waals surface area contributed by atoms with Gasteiger partial charge in [0.05, 0.1) is 17.1 Å². The molecular formula is C24H20N2O5S. The van der Waals surface area contributed by atoms with Crippen molar-refractivity contribution in [1.82, 2.24) is 4.98 Å². The Kier molecular flexibility index (Phi) is 6.44. The van der Waals surface area contributed by atoms with E-state index in [-0.39, 0.29) is 12.7 Å². The van der Waals surface area contributed by atoms with E-state index in [1.54, 1.807) is 55.5 Å². The first-order valence-electron chi connectivity index (χ1n) is 9.83. The fourth-order valence-corrected chi connectivity index (χ4v) is 3.48. The molecule has 3 aromatic carbocycles. The van der Waals surface area contributed by atoms with Gasteiger partial charge in [0, 0.05) is 11.1 Å². The summed E-state index contributed by atoms with van der Waals surface area (Å²) in [5, 5.41) is 5.45. The van der Waals surface area contributed by atoms with Gasteiger partial charge in [0.2, 0.25) is 0 Å². The van der Waals surface area contributed by atoms with Crippen LogP contribution in [0, 0.1) is 0 Å². The van der Waals surface area contributed by atoms with Crippen LogP contribution in [0.1, 0.15) is 17.3 Å². The number of nitrogens with zero attached hydrogens (tertiary/aromatic N) is 1. The molecule has 0 bridgehead atoms. The van der Waals surface area contributed by atoms with E-state index in [9.17, 15) is 9.00 Å². The van der Waals surface area contributed by atoms with Gasteiger partial charge in [-0.05, 0) is 49.4 Å². The van der Waals surface area contributed by atoms with Crippen LogP contribution in [0.3, 0.4) is 0 Å². The van der Waals surface area contributed by atoms with Crippen molar-refractivity contribution < 1.29 is 22.9 Å². The zero-order chi connectivity index (χ0) is 22.5. The van der Waals surface area contributed by atoms with Crippen molar-refractivity contribution in [1.29, 1.82) is 0 Å². The van der Waals surface area contributed by atoms with Crippen LogP contribution < -0.4 is 9.88 Å². The maximum atomic E-state index is 12.0. The number of carbonyl (C=O) groups excluding carboxylic acids is 1. The lowest BCUT2D eigenvalue weighted by Gasteiger charge is -2.04. The van der Waals surface area contributed by atoms with Gasteiger partial charge in [-0.1, -0.05) is 36.4 Å². The molecule has 1 aromatic heterocycles. The number of esters is 1. The molecular weight excluding hydrogens is 428 g/mol. The molecule has 4 aromatic rings. The predicted octanol–water partition coefficient (Wildman–Crippen LogP) is 4.96. The minimum atomic E-state index is -1.57. The monoisotopic (exact) mass is 448 g/mol. The van der Waals surface area contributed by atoms with Crippen LogP contribution in [0.5, 0.6) is 11.8 Å². The largest absolute Gasteiger partial charge is 0.462 e. The number of hydrogen-bond donors (Lipinski definition) is 1. The molecule has 0 saturated heterocycles. The maximum absolute atomic E-state index is 12.0. The van der Waals surface area contributed by atoms with E-state index in [1.807, 2.05) is 30.3 Å². The van der Waals surface area contributed by atoms with E-state index >= 15 is 0 Å². The Morgan fingerprint density at radius 3 is 2.44 bits per heavy atom. The van der Waals surface area contributed by atoms with Gasteiger partial charge in [0.1, 0.15) is 22.4 Å². The van der Waals surface area contributed by atoms with Gasteiger partial charge in [-0.3, -0.25) is 0 Å². The molecule has 1 heterocycles. The second-order valence-electron chi connectivity index (χ2n) is 6.70. The van der Waals surface area contributed by atoms with Gasteiger partial charge in [-0.15, -0.1) is 0 Å². The Labute approximate surface area is 187 Å². The summed E-state index contributed by atoms with van der Waals surface area (Å²) in [4.78, 5) is 17.0. The quantitative estimate of drug-likeness (QED) is 0.401. The van der Waals surface area contributed by atoms with Crippen molar-refractivity contribution in [3.63, 3.8) is 0 Å². The van der Waals surface area contributed by atoms with Crippen LogP contribution in [-0.4, -0.2) is 21.8 Å². The number of nitrogens with two attached hydrogens (primary N) is 1. The first kappa shape index (κ1) is 21.5. The highest BCUT2D eigenvalue weighted by Crippen LogP contribution is 2.36. The van der Waals surface area contributed by atoms with Crippen LogP contribution in [-0.2, 0) is 15.7 Å². The Bertz CT molecular complexity index is 1250. The minimum absolute atomic E-state index is 0.0198. The molecule has 4 rings (SSSR count). The van der Waals surface area contributed by atoms with E-state index in [4.69, 9.17) is 19.0 Å². The van der Waals surface area contributed by atoms with Gasteiger partial charge >= 0.3 is 12.0 Å². The fraction of sp³-hybridized carbons (Fsp3) is 0.0833. The molecule has 0 saturated carbocycles. The molecule has 0 amide bonds. The third-order valence-corrected chi connectivity index (χ3v) is 5.29. The molecule has 7 nitrogen and oxygen atoms in total. The third kappa shape index (κ3) is 4.77. The average molecular weight is 449 g/mol.